The Labute approximate surface area is 236 Å². The molecule has 4 aromatic carbocycles. The van der Waals surface area contributed by atoms with Gasteiger partial charge in [0.25, 0.3) is 17.1 Å². The lowest BCUT2D eigenvalue weighted by atomic mass is 10.0. The zero-order valence-corrected chi connectivity index (χ0v) is 23.2. The van der Waals surface area contributed by atoms with Crippen molar-refractivity contribution >= 4 is 51.4 Å². The molecular weight excluding hydrogens is 524 g/mol. The summed E-state index contributed by atoms with van der Waals surface area (Å²) in [6, 6.07) is 24.7. The van der Waals surface area contributed by atoms with Gasteiger partial charge in [0.1, 0.15) is 0 Å². The standard InChI is InChI=1S/C32H28N2O5S/c1-20-11-12-21(2)26(15-20)33-30(35)19-39-27-14-13-22(16-28(27)38-3)17-29-31(36)34(32(37)40-29)18-24-9-6-8-23-7-4-5-10-25(23)24/h4-17H,18-19H2,1-3H3,(H,33,35)/b29-17-. The fraction of sp³-hybridized carbons (Fsp3) is 0.156. The highest BCUT2D eigenvalue weighted by atomic mass is 32.2. The number of anilines is 1. The molecule has 4 aromatic rings. The maximum Gasteiger partial charge on any atom is 0.293 e. The van der Waals surface area contributed by atoms with E-state index in [1.165, 1.54) is 12.0 Å². The number of rotatable bonds is 8. The summed E-state index contributed by atoms with van der Waals surface area (Å²) in [5.41, 5.74) is 4.32. The fourth-order valence-corrected chi connectivity index (χ4v) is 5.32. The minimum Gasteiger partial charge on any atom is -0.493 e. The molecule has 3 amide bonds. The largest absolute Gasteiger partial charge is 0.493 e. The van der Waals surface area contributed by atoms with Crippen LogP contribution in [0.5, 0.6) is 11.5 Å². The van der Waals surface area contributed by atoms with Crippen LogP contribution in [0, 0.1) is 13.8 Å². The summed E-state index contributed by atoms with van der Waals surface area (Å²) in [5.74, 6) is 0.160. The first-order valence-electron chi connectivity index (χ1n) is 12.7. The summed E-state index contributed by atoms with van der Waals surface area (Å²) in [7, 11) is 1.50. The van der Waals surface area contributed by atoms with Crippen molar-refractivity contribution in [1.29, 1.82) is 0 Å². The number of carbonyl (C=O) groups is 3. The molecular formula is C32H28N2O5S. The lowest BCUT2D eigenvalue weighted by molar-refractivity contribution is -0.123. The molecule has 1 fully saturated rings. The molecule has 0 atom stereocenters. The lowest BCUT2D eigenvalue weighted by Crippen LogP contribution is -2.27. The zero-order valence-electron chi connectivity index (χ0n) is 22.4. The van der Waals surface area contributed by atoms with E-state index in [4.69, 9.17) is 9.47 Å². The minimum absolute atomic E-state index is 0.198. The van der Waals surface area contributed by atoms with Crippen LogP contribution in [0.25, 0.3) is 16.8 Å². The predicted octanol–water partition coefficient (Wildman–Crippen LogP) is 6.72. The van der Waals surface area contributed by atoms with Gasteiger partial charge in [-0.05, 0) is 82.9 Å². The van der Waals surface area contributed by atoms with Gasteiger partial charge in [-0.3, -0.25) is 19.3 Å². The van der Waals surface area contributed by atoms with Crippen molar-refractivity contribution in [1.82, 2.24) is 4.90 Å². The van der Waals surface area contributed by atoms with Gasteiger partial charge in [0.2, 0.25) is 0 Å². The number of nitrogens with zero attached hydrogens (tertiary/aromatic N) is 1. The Kier molecular flexibility index (Phi) is 7.89. The summed E-state index contributed by atoms with van der Waals surface area (Å²) in [6.45, 7) is 3.89. The third-order valence-corrected chi connectivity index (χ3v) is 7.50. The Hall–Kier alpha value is -4.56. The third kappa shape index (κ3) is 5.87. The van der Waals surface area contributed by atoms with Gasteiger partial charge in [-0.1, -0.05) is 60.7 Å². The van der Waals surface area contributed by atoms with Gasteiger partial charge >= 0.3 is 0 Å². The van der Waals surface area contributed by atoms with Crippen LogP contribution < -0.4 is 14.8 Å². The number of amides is 3. The van der Waals surface area contributed by atoms with Crippen molar-refractivity contribution in [2.75, 3.05) is 19.0 Å². The smallest absolute Gasteiger partial charge is 0.293 e. The normalized spacial score (nSPS) is 14.2. The third-order valence-electron chi connectivity index (χ3n) is 6.59. The summed E-state index contributed by atoms with van der Waals surface area (Å²) in [5, 5.41) is 4.62. The van der Waals surface area contributed by atoms with E-state index >= 15 is 0 Å². The van der Waals surface area contributed by atoms with Crippen LogP contribution >= 0.6 is 11.8 Å². The molecule has 40 heavy (non-hydrogen) atoms. The van der Waals surface area contributed by atoms with Crippen LogP contribution in [-0.2, 0) is 16.1 Å². The lowest BCUT2D eigenvalue weighted by Gasteiger charge is -2.14. The number of thioether (sulfide) groups is 1. The van der Waals surface area contributed by atoms with E-state index in [2.05, 4.69) is 5.32 Å². The number of imide groups is 1. The number of fused-ring (bicyclic) bond motifs is 1. The van der Waals surface area contributed by atoms with Gasteiger partial charge in [0.05, 0.1) is 18.6 Å². The van der Waals surface area contributed by atoms with Crippen molar-refractivity contribution in [3.05, 3.63) is 106 Å². The Morgan fingerprint density at radius 2 is 1.75 bits per heavy atom. The second-order valence-corrected chi connectivity index (χ2v) is 10.5. The molecule has 0 aliphatic carbocycles. The molecule has 0 spiro atoms. The van der Waals surface area contributed by atoms with Crippen LogP contribution in [0.3, 0.4) is 0 Å². The Bertz CT molecular complexity index is 1660. The van der Waals surface area contributed by atoms with Crippen molar-refractivity contribution < 1.29 is 23.9 Å². The molecule has 5 rings (SSSR count). The first-order chi connectivity index (χ1) is 19.3. The number of hydrogen-bond donors (Lipinski definition) is 1. The summed E-state index contributed by atoms with van der Waals surface area (Å²) in [6.07, 6.45) is 1.66. The van der Waals surface area contributed by atoms with E-state index in [1.807, 2.05) is 74.5 Å². The van der Waals surface area contributed by atoms with Gasteiger partial charge < -0.3 is 14.8 Å². The Morgan fingerprint density at radius 1 is 0.950 bits per heavy atom. The molecule has 1 aliphatic rings. The first-order valence-corrected chi connectivity index (χ1v) is 13.5. The van der Waals surface area contributed by atoms with Gasteiger partial charge in [-0.25, -0.2) is 0 Å². The molecule has 0 saturated carbocycles. The monoisotopic (exact) mass is 552 g/mol. The number of benzene rings is 4. The van der Waals surface area contributed by atoms with Crippen LogP contribution in [0.1, 0.15) is 22.3 Å². The minimum atomic E-state index is -0.342. The van der Waals surface area contributed by atoms with Gasteiger partial charge in [0.15, 0.2) is 18.1 Å². The maximum absolute atomic E-state index is 13.2. The molecule has 1 N–H and O–H groups in total. The Morgan fingerprint density at radius 3 is 2.58 bits per heavy atom. The van der Waals surface area contributed by atoms with Crippen molar-refractivity contribution in [3.63, 3.8) is 0 Å². The van der Waals surface area contributed by atoms with E-state index in [9.17, 15) is 14.4 Å². The van der Waals surface area contributed by atoms with Crippen molar-refractivity contribution in [3.8, 4) is 11.5 Å². The highest BCUT2D eigenvalue weighted by Gasteiger charge is 2.35. The molecule has 7 nitrogen and oxygen atoms in total. The van der Waals surface area contributed by atoms with Crippen LogP contribution in [0.4, 0.5) is 10.5 Å². The Balaban J connectivity index is 1.27. The van der Waals surface area contributed by atoms with Crippen molar-refractivity contribution in [2.45, 2.75) is 20.4 Å². The molecule has 1 heterocycles. The first kappa shape index (κ1) is 27.0. The molecule has 0 radical (unpaired) electrons. The topological polar surface area (TPSA) is 84.9 Å². The number of aryl methyl sites for hydroxylation is 2. The van der Waals surface area contributed by atoms with Gasteiger partial charge in [-0.15, -0.1) is 0 Å². The summed E-state index contributed by atoms with van der Waals surface area (Å²) >= 11 is 0.910. The van der Waals surface area contributed by atoms with Crippen LogP contribution in [0.2, 0.25) is 0 Å². The average molecular weight is 553 g/mol. The number of hydrogen-bond acceptors (Lipinski definition) is 6. The summed E-state index contributed by atoms with van der Waals surface area (Å²) < 4.78 is 11.2. The number of carbonyl (C=O) groups excluding carboxylic acids is 3. The molecule has 0 bridgehead atoms. The molecule has 1 saturated heterocycles. The van der Waals surface area contributed by atoms with Crippen LogP contribution in [0.15, 0.2) is 83.8 Å². The van der Waals surface area contributed by atoms with E-state index in [1.54, 1.807) is 24.3 Å². The van der Waals surface area contributed by atoms with Gasteiger partial charge in [-0.2, -0.15) is 0 Å². The quantitative estimate of drug-likeness (QED) is 0.244. The SMILES string of the molecule is COc1cc(/C=C2\SC(=O)N(Cc3cccc4ccccc34)C2=O)ccc1OCC(=O)Nc1cc(C)ccc1C. The molecule has 1 aliphatic heterocycles. The molecule has 8 heteroatoms. The van der Waals surface area contributed by atoms with Gasteiger partial charge in [0, 0.05) is 5.69 Å². The molecule has 0 unspecified atom stereocenters. The second kappa shape index (κ2) is 11.7. The van der Waals surface area contributed by atoms with E-state index in [0.717, 1.165) is 44.9 Å². The molecule has 0 aromatic heterocycles. The van der Waals surface area contributed by atoms with Crippen LogP contribution in [-0.4, -0.2) is 35.7 Å². The molecule has 202 valence electrons. The highest BCUT2D eigenvalue weighted by Crippen LogP contribution is 2.36. The van der Waals surface area contributed by atoms with Crippen molar-refractivity contribution in [2.24, 2.45) is 0 Å². The number of ether oxygens (including phenoxy) is 2. The highest BCUT2D eigenvalue weighted by molar-refractivity contribution is 8.18. The van der Waals surface area contributed by atoms with E-state index in [0.29, 0.717) is 22.0 Å². The van der Waals surface area contributed by atoms with E-state index in [-0.39, 0.29) is 30.2 Å². The number of methoxy groups -OCH3 is 1. The summed E-state index contributed by atoms with van der Waals surface area (Å²) in [4.78, 5) is 40.0. The second-order valence-electron chi connectivity index (χ2n) is 9.47. The fourth-order valence-electron chi connectivity index (χ4n) is 4.48. The van der Waals surface area contributed by atoms with E-state index < -0.39 is 0 Å². The predicted molar refractivity (Wildman–Crippen MR) is 158 cm³/mol. The maximum atomic E-state index is 13.2. The number of nitrogens with one attached hydrogen (secondary N) is 1. The average Bonchev–Trinajstić information content (AvgIpc) is 3.21. The zero-order chi connectivity index (χ0) is 28.2.